The second-order valence-corrected chi connectivity index (χ2v) is 8.94. The highest BCUT2D eigenvalue weighted by Gasteiger charge is 2.35. The number of alkyl carbamates (subject to hydrolysis) is 1. The SMILES string of the molecule is CC(C)(C)OC(=O)NC1(CNC(=O)c2ccc(F)cc2I)CCCCC1. The Balaban J connectivity index is 2.05. The van der Waals surface area contributed by atoms with E-state index in [1.54, 1.807) is 0 Å². The normalized spacial score (nSPS) is 16.7. The van der Waals surface area contributed by atoms with Crippen molar-refractivity contribution in [1.29, 1.82) is 0 Å². The minimum Gasteiger partial charge on any atom is -0.444 e. The van der Waals surface area contributed by atoms with Gasteiger partial charge in [-0.3, -0.25) is 4.79 Å². The molecule has 2 N–H and O–H groups in total. The minimum atomic E-state index is -0.576. The van der Waals surface area contributed by atoms with Crippen LogP contribution in [0.2, 0.25) is 0 Å². The van der Waals surface area contributed by atoms with Crippen molar-refractivity contribution in [2.45, 2.75) is 64.0 Å². The topological polar surface area (TPSA) is 67.4 Å². The van der Waals surface area contributed by atoms with E-state index in [1.165, 1.54) is 18.2 Å². The van der Waals surface area contributed by atoms with Gasteiger partial charge in [-0.2, -0.15) is 0 Å². The summed E-state index contributed by atoms with van der Waals surface area (Å²) in [5.74, 6) is -0.647. The van der Waals surface area contributed by atoms with E-state index in [2.05, 4.69) is 10.6 Å². The van der Waals surface area contributed by atoms with Gasteiger partial charge in [-0.05, 0) is 74.4 Å². The van der Waals surface area contributed by atoms with Crippen molar-refractivity contribution in [3.05, 3.63) is 33.1 Å². The molecule has 2 rings (SSSR count). The molecule has 0 radical (unpaired) electrons. The maximum Gasteiger partial charge on any atom is 0.408 e. The van der Waals surface area contributed by atoms with Gasteiger partial charge in [0.1, 0.15) is 11.4 Å². The zero-order chi connectivity index (χ0) is 19.4. The lowest BCUT2D eigenvalue weighted by atomic mass is 9.81. The van der Waals surface area contributed by atoms with Crippen LogP contribution in [0, 0.1) is 9.39 Å². The Labute approximate surface area is 167 Å². The first-order chi connectivity index (χ1) is 12.1. The molecule has 0 heterocycles. The standard InChI is InChI=1S/C19H26FIN2O3/c1-18(2,3)26-17(25)23-19(9-5-4-6-10-19)12-22-16(24)14-8-7-13(20)11-15(14)21/h7-8,11H,4-6,9-10,12H2,1-3H3,(H,22,24)(H,23,25). The van der Waals surface area contributed by atoms with Crippen LogP contribution in [0.3, 0.4) is 0 Å². The lowest BCUT2D eigenvalue weighted by Gasteiger charge is -2.38. The molecule has 0 bridgehead atoms. The van der Waals surface area contributed by atoms with E-state index in [4.69, 9.17) is 4.74 Å². The molecule has 0 unspecified atom stereocenters. The summed E-state index contributed by atoms with van der Waals surface area (Å²) in [5, 5.41) is 5.88. The smallest absolute Gasteiger partial charge is 0.408 e. The van der Waals surface area contributed by atoms with Crippen molar-refractivity contribution >= 4 is 34.6 Å². The lowest BCUT2D eigenvalue weighted by Crippen LogP contribution is -2.57. The van der Waals surface area contributed by atoms with E-state index in [0.717, 1.165) is 32.1 Å². The first-order valence-corrected chi connectivity index (χ1v) is 9.93. The summed E-state index contributed by atoms with van der Waals surface area (Å²) in [4.78, 5) is 24.7. The molecule has 1 fully saturated rings. The third kappa shape index (κ3) is 6.10. The van der Waals surface area contributed by atoms with Crippen LogP contribution in [0.25, 0.3) is 0 Å². The quantitative estimate of drug-likeness (QED) is 0.634. The van der Waals surface area contributed by atoms with Crippen molar-refractivity contribution in [2.24, 2.45) is 0 Å². The van der Waals surface area contributed by atoms with E-state index in [9.17, 15) is 14.0 Å². The van der Waals surface area contributed by atoms with Gasteiger partial charge in [0.15, 0.2) is 0 Å². The van der Waals surface area contributed by atoms with Crippen molar-refractivity contribution in [2.75, 3.05) is 6.54 Å². The van der Waals surface area contributed by atoms with Crippen molar-refractivity contribution in [1.82, 2.24) is 10.6 Å². The molecule has 0 spiro atoms. The predicted molar refractivity (Wildman–Crippen MR) is 107 cm³/mol. The third-order valence-corrected chi connectivity index (χ3v) is 5.23. The molecule has 0 aliphatic heterocycles. The van der Waals surface area contributed by atoms with Gasteiger partial charge in [-0.1, -0.05) is 19.3 Å². The number of carbonyl (C=O) groups excluding carboxylic acids is 2. The van der Waals surface area contributed by atoms with Crippen LogP contribution >= 0.6 is 22.6 Å². The number of amides is 2. The molecular weight excluding hydrogens is 450 g/mol. The number of rotatable bonds is 4. The number of hydrogen-bond donors (Lipinski definition) is 2. The second kappa shape index (κ2) is 8.54. The van der Waals surface area contributed by atoms with Crippen LogP contribution in [-0.4, -0.2) is 29.7 Å². The fourth-order valence-corrected chi connectivity index (χ4v) is 3.84. The zero-order valence-electron chi connectivity index (χ0n) is 15.5. The highest BCUT2D eigenvalue weighted by molar-refractivity contribution is 14.1. The zero-order valence-corrected chi connectivity index (χ0v) is 17.6. The van der Waals surface area contributed by atoms with Gasteiger partial charge in [0.25, 0.3) is 5.91 Å². The Bertz CT molecular complexity index is 667. The molecule has 26 heavy (non-hydrogen) atoms. The predicted octanol–water partition coefficient (Wildman–Crippen LogP) is 4.39. The molecule has 2 amide bonds. The first-order valence-electron chi connectivity index (χ1n) is 8.85. The van der Waals surface area contributed by atoms with Gasteiger partial charge in [-0.25, -0.2) is 9.18 Å². The molecular formula is C19H26FIN2O3. The van der Waals surface area contributed by atoms with Crippen molar-refractivity contribution in [3.8, 4) is 0 Å². The summed E-state index contributed by atoms with van der Waals surface area (Å²) < 4.78 is 19.2. The van der Waals surface area contributed by atoms with E-state index in [-0.39, 0.29) is 11.7 Å². The third-order valence-electron chi connectivity index (χ3n) is 4.34. The van der Waals surface area contributed by atoms with Crippen LogP contribution < -0.4 is 10.6 Å². The molecule has 1 aliphatic carbocycles. The molecule has 0 atom stereocenters. The highest BCUT2D eigenvalue weighted by atomic mass is 127. The van der Waals surface area contributed by atoms with Gasteiger partial charge in [-0.15, -0.1) is 0 Å². The highest BCUT2D eigenvalue weighted by Crippen LogP contribution is 2.28. The van der Waals surface area contributed by atoms with E-state index in [1.807, 2.05) is 43.4 Å². The average Bonchev–Trinajstić information content (AvgIpc) is 2.51. The number of ether oxygens (including phenoxy) is 1. The maximum atomic E-state index is 13.2. The summed E-state index contributed by atoms with van der Waals surface area (Å²) in [5.41, 5.74) is -0.662. The Morgan fingerprint density at radius 2 is 1.88 bits per heavy atom. The summed E-state index contributed by atoms with van der Waals surface area (Å²) in [6.45, 7) is 5.77. The Kier molecular flexibility index (Phi) is 6.87. The average molecular weight is 476 g/mol. The molecule has 0 aromatic heterocycles. The fraction of sp³-hybridized carbons (Fsp3) is 0.579. The van der Waals surface area contributed by atoms with Gasteiger partial charge < -0.3 is 15.4 Å². The fourth-order valence-electron chi connectivity index (χ4n) is 3.11. The molecule has 1 aliphatic rings. The number of halogens is 2. The number of hydrogen-bond acceptors (Lipinski definition) is 3. The maximum absolute atomic E-state index is 13.2. The van der Waals surface area contributed by atoms with Crippen LogP contribution in [0.5, 0.6) is 0 Å². The van der Waals surface area contributed by atoms with E-state index < -0.39 is 17.2 Å². The van der Waals surface area contributed by atoms with E-state index >= 15 is 0 Å². The Morgan fingerprint density at radius 3 is 2.46 bits per heavy atom. The molecule has 7 heteroatoms. The van der Waals surface area contributed by atoms with Gasteiger partial charge in [0, 0.05) is 10.1 Å². The first kappa shape index (κ1) is 20.9. The monoisotopic (exact) mass is 476 g/mol. The van der Waals surface area contributed by atoms with Crippen LogP contribution in [0.1, 0.15) is 63.2 Å². The Hall–Kier alpha value is -1.38. The summed E-state index contributed by atoms with van der Waals surface area (Å²) in [6, 6.07) is 4.07. The van der Waals surface area contributed by atoms with Crippen LogP contribution in [-0.2, 0) is 4.74 Å². The van der Waals surface area contributed by atoms with Gasteiger partial charge in [0.2, 0.25) is 0 Å². The number of benzene rings is 1. The molecule has 0 saturated heterocycles. The lowest BCUT2D eigenvalue weighted by molar-refractivity contribution is 0.0419. The second-order valence-electron chi connectivity index (χ2n) is 7.77. The largest absolute Gasteiger partial charge is 0.444 e. The van der Waals surface area contributed by atoms with E-state index in [0.29, 0.717) is 15.7 Å². The van der Waals surface area contributed by atoms with Crippen molar-refractivity contribution < 1.29 is 18.7 Å². The number of carbonyl (C=O) groups is 2. The number of nitrogens with one attached hydrogen (secondary N) is 2. The molecule has 1 aromatic carbocycles. The molecule has 1 saturated carbocycles. The molecule has 1 aromatic rings. The van der Waals surface area contributed by atoms with Gasteiger partial charge >= 0.3 is 6.09 Å². The Morgan fingerprint density at radius 1 is 1.23 bits per heavy atom. The molecule has 144 valence electrons. The summed E-state index contributed by atoms with van der Waals surface area (Å²) >= 11 is 1.94. The van der Waals surface area contributed by atoms with Crippen LogP contribution in [0.4, 0.5) is 9.18 Å². The molecule has 5 nitrogen and oxygen atoms in total. The summed E-state index contributed by atoms with van der Waals surface area (Å²) in [7, 11) is 0. The van der Waals surface area contributed by atoms with Gasteiger partial charge in [0.05, 0.1) is 11.1 Å². The van der Waals surface area contributed by atoms with Crippen LogP contribution in [0.15, 0.2) is 18.2 Å². The minimum absolute atomic E-state index is 0.273. The van der Waals surface area contributed by atoms with Crippen molar-refractivity contribution in [3.63, 3.8) is 0 Å². The summed E-state index contributed by atoms with van der Waals surface area (Å²) in [6.07, 6.45) is 4.19.